The van der Waals surface area contributed by atoms with Gasteiger partial charge in [-0.15, -0.1) is 0 Å². The number of halogens is 1. The normalized spacial score (nSPS) is 10.5. The summed E-state index contributed by atoms with van der Waals surface area (Å²) >= 11 is 5.61. The van der Waals surface area contributed by atoms with E-state index < -0.39 is 5.75 Å². The monoisotopic (exact) mass is 226 g/mol. The first-order valence-corrected chi connectivity index (χ1v) is 4.40. The summed E-state index contributed by atoms with van der Waals surface area (Å²) in [6, 6.07) is 2.96. The summed E-state index contributed by atoms with van der Waals surface area (Å²) < 4.78 is 4.65. The van der Waals surface area contributed by atoms with Crippen molar-refractivity contribution in [2.75, 3.05) is 5.73 Å². The van der Waals surface area contributed by atoms with E-state index in [9.17, 15) is 10.2 Å². The zero-order valence-electron chi connectivity index (χ0n) is 7.44. The van der Waals surface area contributed by atoms with Gasteiger partial charge in [0.2, 0.25) is 5.88 Å². The van der Waals surface area contributed by atoms with Crippen LogP contribution in [-0.4, -0.2) is 15.4 Å². The molecule has 15 heavy (non-hydrogen) atoms. The van der Waals surface area contributed by atoms with Crippen molar-refractivity contribution in [3.05, 3.63) is 23.4 Å². The second-order valence-corrected chi connectivity index (χ2v) is 3.30. The first-order valence-electron chi connectivity index (χ1n) is 4.02. The maximum Gasteiger partial charge on any atom is 0.230 e. The highest BCUT2D eigenvalue weighted by Gasteiger charge is 2.16. The molecule has 1 heterocycles. The van der Waals surface area contributed by atoms with Crippen LogP contribution in [0.2, 0.25) is 5.02 Å². The average Bonchev–Trinajstić information content (AvgIpc) is 2.62. The minimum Gasteiger partial charge on any atom is -0.504 e. The van der Waals surface area contributed by atoms with Crippen molar-refractivity contribution in [1.29, 1.82) is 0 Å². The lowest BCUT2D eigenvalue weighted by Crippen LogP contribution is -1.85. The Morgan fingerprint density at radius 2 is 1.93 bits per heavy atom. The summed E-state index contributed by atoms with van der Waals surface area (Å²) in [6.07, 6.45) is 1.34. The van der Waals surface area contributed by atoms with Gasteiger partial charge in [-0.1, -0.05) is 16.8 Å². The molecule has 0 fully saturated rings. The molecule has 6 heteroatoms. The predicted octanol–water partition coefficient (Wildman–Crippen LogP) is 1.99. The van der Waals surface area contributed by atoms with E-state index in [1.165, 1.54) is 18.3 Å². The topological polar surface area (TPSA) is 92.5 Å². The number of phenolic OH excluding ortho intramolecular Hbond substituents is 2. The number of aromatic hydroxyl groups is 2. The van der Waals surface area contributed by atoms with Gasteiger partial charge in [0.1, 0.15) is 0 Å². The van der Waals surface area contributed by atoms with Crippen molar-refractivity contribution in [2.24, 2.45) is 0 Å². The molecule has 78 valence electrons. The van der Waals surface area contributed by atoms with Crippen LogP contribution >= 0.6 is 11.6 Å². The Bertz CT molecular complexity index is 510. The number of nitrogens with two attached hydrogens (primary N) is 1. The maximum atomic E-state index is 9.62. The van der Waals surface area contributed by atoms with Crippen molar-refractivity contribution >= 4 is 17.5 Å². The van der Waals surface area contributed by atoms with Crippen molar-refractivity contribution < 1.29 is 14.7 Å². The van der Waals surface area contributed by atoms with Crippen LogP contribution < -0.4 is 5.73 Å². The number of benzene rings is 1. The van der Waals surface area contributed by atoms with Crippen LogP contribution in [0.4, 0.5) is 5.88 Å². The Morgan fingerprint density at radius 1 is 1.20 bits per heavy atom. The number of nitrogens with zero attached hydrogens (tertiary/aromatic N) is 1. The fourth-order valence-electron chi connectivity index (χ4n) is 1.22. The quantitative estimate of drug-likeness (QED) is 0.647. The Morgan fingerprint density at radius 3 is 2.53 bits per heavy atom. The maximum absolute atomic E-state index is 9.62. The largest absolute Gasteiger partial charge is 0.504 e. The van der Waals surface area contributed by atoms with E-state index in [0.717, 1.165) is 0 Å². The van der Waals surface area contributed by atoms with E-state index in [4.69, 9.17) is 17.3 Å². The molecule has 0 saturated carbocycles. The van der Waals surface area contributed by atoms with Gasteiger partial charge in [0.25, 0.3) is 0 Å². The Hall–Kier alpha value is -1.88. The molecule has 5 nitrogen and oxygen atoms in total. The van der Waals surface area contributed by atoms with Crippen LogP contribution in [0.3, 0.4) is 0 Å². The fourth-order valence-corrected chi connectivity index (χ4v) is 1.38. The molecule has 1 aromatic carbocycles. The molecule has 2 aromatic rings. The fraction of sp³-hybridized carbons (Fsp3) is 0. The highest BCUT2D eigenvalue weighted by Crippen LogP contribution is 2.42. The lowest BCUT2D eigenvalue weighted by Gasteiger charge is -2.05. The zero-order valence-corrected chi connectivity index (χ0v) is 8.19. The standard InChI is InChI=1S/C9H7ClN2O3/c10-6-2-1-4(7(13)8(6)14)5-3-12-15-9(5)11/h1-3,13-14H,11H2. The molecule has 4 N–H and O–H groups in total. The number of hydrogen-bond donors (Lipinski definition) is 3. The van der Waals surface area contributed by atoms with E-state index in [2.05, 4.69) is 9.68 Å². The van der Waals surface area contributed by atoms with Crippen molar-refractivity contribution in [1.82, 2.24) is 5.16 Å². The van der Waals surface area contributed by atoms with Gasteiger partial charge in [-0.05, 0) is 12.1 Å². The Balaban J connectivity index is 2.65. The third-order valence-corrected chi connectivity index (χ3v) is 2.30. The van der Waals surface area contributed by atoms with E-state index in [0.29, 0.717) is 11.1 Å². The molecule has 0 aliphatic heterocycles. The number of anilines is 1. The summed E-state index contributed by atoms with van der Waals surface area (Å²) in [5, 5.41) is 22.5. The first-order chi connectivity index (χ1) is 7.11. The van der Waals surface area contributed by atoms with Gasteiger partial charge < -0.3 is 20.5 Å². The van der Waals surface area contributed by atoms with Crippen molar-refractivity contribution in [2.45, 2.75) is 0 Å². The number of aromatic nitrogens is 1. The van der Waals surface area contributed by atoms with Gasteiger partial charge in [0.15, 0.2) is 11.5 Å². The average molecular weight is 227 g/mol. The minimum absolute atomic E-state index is 0.0614. The highest BCUT2D eigenvalue weighted by atomic mass is 35.5. The Kier molecular flexibility index (Phi) is 2.17. The van der Waals surface area contributed by atoms with E-state index in [1.807, 2.05) is 0 Å². The molecule has 0 saturated heterocycles. The number of nitrogen functional groups attached to an aromatic ring is 1. The molecule has 0 aliphatic carbocycles. The number of phenols is 2. The van der Waals surface area contributed by atoms with Crippen molar-refractivity contribution in [3.8, 4) is 22.6 Å². The van der Waals surface area contributed by atoms with Gasteiger partial charge in [-0.3, -0.25) is 0 Å². The summed E-state index contributed by atoms with van der Waals surface area (Å²) in [6.45, 7) is 0. The molecular weight excluding hydrogens is 220 g/mol. The molecule has 1 aromatic heterocycles. The van der Waals surface area contributed by atoms with Crippen LogP contribution in [0.15, 0.2) is 22.9 Å². The number of hydrogen-bond acceptors (Lipinski definition) is 5. The molecule has 0 amide bonds. The van der Waals surface area contributed by atoms with Crippen LogP contribution in [0, 0.1) is 0 Å². The molecule has 0 atom stereocenters. The van der Waals surface area contributed by atoms with Gasteiger partial charge in [-0.25, -0.2) is 0 Å². The van der Waals surface area contributed by atoms with E-state index in [-0.39, 0.29) is 16.7 Å². The van der Waals surface area contributed by atoms with Gasteiger partial charge in [0.05, 0.1) is 16.8 Å². The second kappa shape index (κ2) is 3.36. The van der Waals surface area contributed by atoms with Gasteiger partial charge in [-0.2, -0.15) is 0 Å². The van der Waals surface area contributed by atoms with Crippen LogP contribution in [0.25, 0.3) is 11.1 Å². The molecule has 0 aliphatic rings. The van der Waals surface area contributed by atoms with Gasteiger partial charge in [0, 0.05) is 5.56 Å². The number of rotatable bonds is 1. The summed E-state index contributed by atoms with van der Waals surface area (Å²) in [4.78, 5) is 0. The lowest BCUT2D eigenvalue weighted by atomic mass is 10.1. The first kappa shape index (κ1) is 9.67. The van der Waals surface area contributed by atoms with Gasteiger partial charge >= 0.3 is 0 Å². The molecule has 0 spiro atoms. The molecular formula is C9H7ClN2O3. The van der Waals surface area contributed by atoms with Crippen LogP contribution in [-0.2, 0) is 0 Å². The minimum atomic E-state index is -0.394. The summed E-state index contributed by atoms with van der Waals surface area (Å²) in [5.74, 6) is -0.681. The van der Waals surface area contributed by atoms with Crippen LogP contribution in [0.1, 0.15) is 0 Å². The molecule has 0 bridgehead atoms. The smallest absolute Gasteiger partial charge is 0.230 e. The third kappa shape index (κ3) is 1.46. The van der Waals surface area contributed by atoms with E-state index in [1.54, 1.807) is 0 Å². The molecule has 0 unspecified atom stereocenters. The van der Waals surface area contributed by atoms with Crippen molar-refractivity contribution in [3.63, 3.8) is 0 Å². The summed E-state index contributed by atoms with van der Waals surface area (Å²) in [5.41, 5.74) is 6.19. The van der Waals surface area contributed by atoms with E-state index >= 15 is 0 Å². The third-order valence-electron chi connectivity index (χ3n) is 1.99. The summed E-state index contributed by atoms with van der Waals surface area (Å²) in [7, 11) is 0. The predicted molar refractivity (Wildman–Crippen MR) is 54.7 cm³/mol. The van der Waals surface area contributed by atoms with Crippen LogP contribution in [0.5, 0.6) is 11.5 Å². The zero-order chi connectivity index (χ0) is 11.0. The second-order valence-electron chi connectivity index (χ2n) is 2.90. The SMILES string of the molecule is Nc1oncc1-c1ccc(Cl)c(O)c1O. The lowest BCUT2D eigenvalue weighted by molar-refractivity contribution is 0.405. The highest BCUT2D eigenvalue weighted by molar-refractivity contribution is 6.32. The molecule has 2 rings (SSSR count). The molecule has 0 radical (unpaired) electrons. The Labute approximate surface area is 89.7 Å².